The molecule has 0 saturated heterocycles. The summed E-state index contributed by atoms with van der Waals surface area (Å²) in [5.74, 6) is -1.23. The van der Waals surface area contributed by atoms with Gasteiger partial charge in [-0.1, -0.05) is 17.7 Å². The van der Waals surface area contributed by atoms with E-state index in [2.05, 4.69) is 15.2 Å². The Kier molecular flexibility index (Phi) is 6.16. The summed E-state index contributed by atoms with van der Waals surface area (Å²) in [7, 11) is 0. The summed E-state index contributed by atoms with van der Waals surface area (Å²) in [6.07, 6.45) is -8.68. The SMILES string of the molecule is O=C(Nc1ccc(OCC(F)(F)F)cc1)c1cnn(-c2cccc(Cl)c2)c1C(F)(F)F. The molecule has 0 aliphatic rings. The molecule has 0 aliphatic carbocycles. The van der Waals surface area contributed by atoms with Crippen LogP contribution in [0.15, 0.2) is 54.7 Å². The second-order valence-corrected chi connectivity index (χ2v) is 6.62. The molecule has 0 aliphatic heterocycles. The Labute approximate surface area is 176 Å². The van der Waals surface area contributed by atoms with Gasteiger partial charge in [-0.2, -0.15) is 31.4 Å². The molecule has 1 aromatic heterocycles. The number of benzene rings is 2. The van der Waals surface area contributed by atoms with Gasteiger partial charge in [0.05, 0.1) is 17.4 Å². The van der Waals surface area contributed by atoms with Crippen LogP contribution in [-0.2, 0) is 6.18 Å². The third kappa shape index (κ3) is 5.69. The van der Waals surface area contributed by atoms with E-state index in [4.69, 9.17) is 11.6 Å². The lowest BCUT2D eigenvalue weighted by Gasteiger charge is -2.13. The Morgan fingerprint density at radius 1 is 1.06 bits per heavy atom. The highest BCUT2D eigenvalue weighted by Gasteiger charge is 2.40. The van der Waals surface area contributed by atoms with Gasteiger partial charge in [-0.05, 0) is 42.5 Å². The number of anilines is 1. The van der Waals surface area contributed by atoms with Crippen molar-refractivity contribution in [2.24, 2.45) is 0 Å². The molecule has 0 bridgehead atoms. The largest absolute Gasteiger partial charge is 0.484 e. The minimum atomic E-state index is -4.92. The van der Waals surface area contributed by atoms with Crippen LogP contribution in [-0.4, -0.2) is 28.5 Å². The molecular formula is C19H12ClF6N3O2. The fourth-order valence-corrected chi connectivity index (χ4v) is 2.77. The summed E-state index contributed by atoms with van der Waals surface area (Å²) < 4.78 is 82.6. The van der Waals surface area contributed by atoms with E-state index in [9.17, 15) is 31.1 Å². The molecule has 5 nitrogen and oxygen atoms in total. The Hall–Kier alpha value is -3.21. The van der Waals surface area contributed by atoms with Crippen molar-refractivity contribution in [3.63, 3.8) is 0 Å². The van der Waals surface area contributed by atoms with Gasteiger partial charge in [0.15, 0.2) is 12.3 Å². The Balaban J connectivity index is 1.84. The van der Waals surface area contributed by atoms with Crippen LogP contribution >= 0.6 is 11.6 Å². The maximum atomic E-state index is 13.7. The number of hydrogen-bond acceptors (Lipinski definition) is 3. The van der Waals surface area contributed by atoms with Crippen molar-refractivity contribution in [2.45, 2.75) is 12.4 Å². The molecule has 2 aromatic carbocycles. The van der Waals surface area contributed by atoms with Crippen LogP contribution in [0.5, 0.6) is 5.75 Å². The van der Waals surface area contributed by atoms with Gasteiger partial charge in [0.25, 0.3) is 5.91 Å². The average molecular weight is 464 g/mol. The number of ether oxygens (including phenoxy) is 1. The van der Waals surface area contributed by atoms with E-state index < -0.39 is 36.1 Å². The van der Waals surface area contributed by atoms with Crippen molar-refractivity contribution >= 4 is 23.2 Å². The molecule has 0 radical (unpaired) electrons. The molecule has 1 heterocycles. The van der Waals surface area contributed by atoms with Crippen molar-refractivity contribution < 1.29 is 35.9 Å². The predicted molar refractivity (Wildman–Crippen MR) is 99.5 cm³/mol. The van der Waals surface area contributed by atoms with E-state index in [1.165, 1.54) is 36.4 Å². The molecule has 12 heteroatoms. The minimum absolute atomic E-state index is 0.00467. The molecule has 0 saturated carbocycles. The number of nitrogens with zero attached hydrogens (tertiary/aromatic N) is 2. The van der Waals surface area contributed by atoms with Gasteiger partial charge in [-0.15, -0.1) is 0 Å². The first-order valence-corrected chi connectivity index (χ1v) is 8.84. The van der Waals surface area contributed by atoms with E-state index in [-0.39, 0.29) is 22.1 Å². The zero-order valence-electron chi connectivity index (χ0n) is 15.3. The van der Waals surface area contributed by atoms with E-state index in [0.29, 0.717) is 4.68 Å². The lowest BCUT2D eigenvalue weighted by molar-refractivity contribution is -0.153. The summed E-state index contributed by atoms with van der Waals surface area (Å²) in [5, 5.41) is 6.10. The fraction of sp³-hybridized carbons (Fsp3) is 0.158. The first-order chi connectivity index (χ1) is 14.4. The maximum absolute atomic E-state index is 13.7. The van der Waals surface area contributed by atoms with E-state index in [1.54, 1.807) is 0 Å². The first-order valence-electron chi connectivity index (χ1n) is 8.46. The number of halogens is 7. The summed E-state index contributed by atoms with van der Waals surface area (Å²) in [5.41, 5.74) is -2.00. The predicted octanol–water partition coefficient (Wildman–Crippen LogP) is 5.74. The topological polar surface area (TPSA) is 56.1 Å². The number of carbonyl (C=O) groups excluding carboxylic acids is 1. The monoisotopic (exact) mass is 463 g/mol. The number of hydrogen-bond donors (Lipinski definition) is 1. The standard InChI is InChI=1S/C19H12ClF6N3O2/c20-11-2-1-3-13(8-11)29-16(19(24,25)26)15(9-27-29)17(30)28-12-4-6-14(7-5-12)31-10-18(21,22)23/h1-9H,10H2,(H,28,30). The normalized spacial score (nSPS) is 12.0. The zero-order valence-corrected chi connectivity index (χ0v) is 16.0. The number of aromatic nitrogens is 2. The second-order valence-electron chi connectivity index (χ2n) is 6.18. The first kappa shape index (κ1) is 22.5. The van der Waals surface area contributed by atoms with Gasteiger partial charge in [-0.3, -0.25) is 4.79 Å². The third-order valence-corrected chi connectivity index (χ3v) is 4.08. The Bertz CT molecular complexity index is 1080. The van der Waals surface area contributed by atoms with Crippen LogP contribution in [0.1, 0.15) is 16.1 Å². The molecule has 31 heavy (non-hydrogen) atoms. The van der Waals surface area contributed by atoms with Crippen molar-refractivity contribution in [2.75, 3.05) is 11.9 Å². The highest BCUT2D eigenvalue weighted by Crippen LogP contribution is 2.34. The fourth-order valence-electron chi connectivity index (χ4n) is 2.59. The van der Waals surface area contributed by atoms with Crippen molar-refractivity contribution in [1.29, 1.82) is 0 Å². The molecule has 0 atom stereocenters. The number of carbonyl (C=O) groups is 1. The van der Waals surface area contributed by atoms with Gasteiger partial charge in [0, 0.05) is 10.7 Å². The van der Waals surface area contributed by atoms with Gasteiger partial charge in [0.1, 0.15) is 5.75 Å². The summed E-state index contributed by atoms with van der Waals surface area (Å²) in [6.45, 7) is -1.50. The van der Waals surface area contributed by atoms with Gasteiger partial charge >= 0.3 is 12.4 Å². The Morgan fingerprint density at radius 3 is 2.32 bits per heavy atom. The molecule has 0 spiro atoms. The molecule has 1 N–H and O–H groups in total. The number of alkyl halides is 6. The van der Waals surface area contributed by atoms with E-state index in [1.807, 2.05) is 0 Å². The van der Waals surface area contributed by atoms with Gasteiger partial charge < -0.3 is 10.1 Å². The van der Waals surface area contributed by atoms with Crippen LogP contribution in [0, 0.1) is 0 Å². The molecular weight excluding hydrogens is 452 g/mol. The van der Waals surface area contributed by atoms with Crippen LogP contribution in [0.4, 0.5) is 32.0 Å². The van der Waals surface area contributed by atoms with Crippen LogP contribution in [0.3, 0.4) is 0 Å². The zero-order chi connectivity index (χ0) is 22.8. The average Bonchev–Trinajstić information content (AvgIpc) is 3.13. The summed E-state index contributed by atoms with van der Waals surface area (Å²) in [6, 6.07) is 10.2. The smallest absolute Gasteiger partial charge is 0.434 e. The quantitative estimate of drug-likeness (QED) is 0.491. The minimum Gasteiger partial charge on any atom is -0.484 e. The highest BCUT2D eigenvalue weighted by atomic mass is 35.5. The van der Waals surface area contributed by atoms with E-state index in [0.717, 1.165) is 18.3 Å². The van der Waals surface area contributed by atoms with Crippen LogP contribution < -0.4 is 10.1 Å². The Morgan fingerprint density at radius 2 is 1.74 bits per heavy atom. The number of amides is 1. The molecule has 1 amide bonds. The molecule has 3 rings (SSSR count). The second kappa shape index (κ2) is 8.50. The third-order valence-electron chi connectivity index (χ3n) is 3.85. The van der Waals surface area contributed by atoms with Crippen molar-refractivity contribution in [3.05, 3.63) is 71.0 Å². The lowest BCUT2D eigenvalue weighted by atomic mass is 10.2. The molecule has 0 fully saturated rings. The molecule has 164 valence electrons. The lowest BCUT2D eigenvalue weighted by Crippen LogP contribution is -2.21. The van der Waals surface area contributed by atoms with Crippen molar-refractivity contribution in [3.8, 4) is 11.4 Å². The van der Waals surface area contributed by atoms with E-state index >= 15 is 0 Å². The molecule has 0 unspecified atom stereocenters. The van der Waals surface area contributed by atoms with Crippen molar-refractivity contribution in [1.82, 2.24) is 9.78 Å². The summed E-state index contributed by atoms with van der Waals surface area (Å²) >= 11 is 5.82. The van der Waals surface area contributed by atoms with Gasteiger partial charge in [0.2, 0.25) is 0 Å². The van der Waals surface area contributed by atoms with Crippen LogP contribution in [0.25, 0.3) is 5.69 Å². The molecule has 3 aromatic rings. The number of rotatable bonds is 5. The maximum Gasteiger partial charge on any atom is 0.434 e. The summed E-state index contributed by atoms with van der Waals surface area (Å²) in [4.78, 5) is 12.5. The van der Waals surface area contributed by atoms with Crippen LogP contribution in [0.2, 0.25) is 5.02 Å². The number of nitrogens with one attached hydrogen (secondary N) is 1. The van der Waals surface area contributed by atoms with Gasteiger partial charge in [-0.25, -0.2) is 4.68 Å². The highest BCUT2D eigenvalue weighted by molar-refractivity contribution is 6.30.